The quantitative estimate of drug-likeness (QED) is 0.636. The van der Waals surface area contributed by atoms with Crippen molar-refractivity contribution in [3.63, 3.8) is 0 Å². The van der Waals surface area contributed by atoms with Crippen molar-refractivity contribution in [1.29, 1.82) is 0 Å². The van der Waals surface area contributed by atoms with Crippen molar-refractivity contribution in [2.75, 3.05) is 6.26 Å². The van der Waals surface area contributed by atoms with Gasteiger partial charge in [0.05, 0.1) is 6.26 Å². The maximum Gasteiger partial charge on any atom is 0.241 e. The van der Waals surface area contributed by atoms with Crippen LogP contribution >= 0.6 is 34.8 Å². The molecule has 2 aromatic carbocycles. The van der Waals surface area contributed by atoms with Crippen LogP contribution in [0.5, 0.6) is 0 Å². The Balaban J connectivity index is 1.90. The predicted octanol–water partition coefficient (Wildman–Crippen LogP) is 4.73. The molecule has 0 unspecified atom stereocenters. The van der Waals surface area contributed by atoms with Crippen LogP contribution in [0.1, 0.15) is 42.7 Å². The second kappa shape index (κ2) is 8.23. The van der Waals surface area contributed by atoms with Gasteiger partial charge in [0, 0.05) is 27.0 Å². The lowest BCUT2D eigenvalue weighted by atomic mass is 9.59. The number of sulfonamides is 1. The largest absolute Gasteiger partial charge is 0.352 e. The SMILES string of the molecule is C[C@H]1NC(=O)[C@]2(NS(C)(=O)=O)CC[C@@H](c3ccc(Cl)cc3Cl)[C@H](c3ccc(Cl)cc3)[C@H]12. The van der Waals surface area contributed by atoms with Crippen molar-refractivity contribution < 1.29 is 13.2 Å². The fourth-order valence-electron chi connectivity index (χ4n) is 5.49. The summed E-state index contributed by atoms with van der Waals surface area (Å²) in [5.74, 6) is -0.801. The summed E-state index contributed by atoms with van der Waals surface area (Å²) in [5.41, 5.74) is 0.700. The number of halogens is 3. The van der Waals surface area contributed by atoms with Gasteiger partial charge in [0.15, 0.2) is 0 Å². The third kappa shape index (κ3) is 4.21. The van der Waals surface area contributed by atoms with E-state index in [0.717, 1.165) is 17.4 Å². The van der Waals surface area contributed by atoms with Crippen molar-refractivity contribution in [3.05, 3.63) is 68.7 Å². The first-order valence-corrected chi connectivity index (χ1v) is 13.0. The van der Waals surface area contributed by atoms with Crippen LogP contribution in [0.15, 0.2) is 42.5 Å². The molecular weight excluding hydrogens is 479 g/mol. The number of hydrogen-bond acceptors (Lipinski definition) is 3. The van der Waals surface area contributed by atoms with Crippen LogP contribution in [0.2, 0.25) is 15.1 Å². The lowest BCUT2D eigenvalue weighted by Crippen LogP contribution is -2.60. The molecule has 0 spiro atoms. The maximum atomic E-state index is 13.1. The molecule has 166 valence electrons. The highest BCUT2D eigenvalue weighted by Gasteiger charge is 2.61. The normalized spacial score (nSPS) is 30.7. The third-order valence-corrected chi connectivity index (χ3v) is 8.08. The van der Waals surface area contributed by atoms with Crippen LogP contribution in [0.3, 0.4) is 0 Å². The Morgan fingerprint density at radius 1 is 1.06 bits per heavy atom. The first-order valence-electron chi connectivity index (χ1n) is 10.0. The van der Waals surface area contributed by atoms with Crippen molar-refractivity contribution in [2.45, 2.75) is 43.2 Å². The van der Waals surface area contributed by atoms with Crippen LogP contribution in [-0.2, 0) is 14.8 Å². The van der Waals surface area contributed by atoms with Gasteiger partial charge in [0.2, 0.25) is 15.9 Å². The van der Waals surface area contributed by atoms with Gasteiger partial charge in [0.1, 0.15) is 5.54 Å². The van der Waals surface area contributed by atoms with Gasteiger partial charge in [-0.1, -0.05) is 53.0 Å². The summed E-state index contributed by atoms with van der Waals surface area (Å²) in [6, 6.07) is 12.7. The summed E-state index contributed by atoms with van der Waals surface area (Å²) in [5, 5.41) is 4.70. The average molecular weight is 502 g/mol. The van der Waals surface area contributed by atoms with Crippen molar-refractivity contribution >= 4 is 50.7 Å². The van der Waals surface area contributed by atoms with E-state index < -0.39 is 15.6 Å². The number of amides is 1. The van der Waals surface area contributed by atoms with E-state index in [2.05, 4.69) is 10.0 Å². The van der Waals surface area contributed by atoms with Crippen LogP contribution in [0, 0.1) is 5.92 Å². The smallest absolute Gasteiger partial charge is 0.241 e. The summed E-state index contributed by atoms with van der Waals surface area (Å²) in [6.07, 6.45) is 2.04. The number of nitrogens with one attached hydrogen (secondary N) is 2. The van der Waals surface area contributed by atoms with Crippen LogP contribution in [0.4, 0.5) is 0 Å². The van der Waals surface area contributed by atoms with E-state index >= 15 is 0 Å². The summed E-state index contributed by atoms with van der Waals surface area (Å²) >= 11 is 18.8. The monoisotopic (exact) mass is 500 g/mol. The molecule has 0 aromatic heterocycles. The zero-order valence-corrected chi connectivity index (χ0v) is 20.1. The Kier molecular flexibility index (Phi) is 6.07. The molecule has 2 aliphatic rings. The third-order valence-electron chi connectivity index (χ3n) is 6.53. The van der Waals surface area contributed by atoms with Gasteiger partial charge in [0.25, 0.3) is 0 Å². The van der Waals surface area contributed by atoms with Crippen molar-refractivity contribution in [2.24, 2.45) is 5.92 Å². The van der Waals surface area contributed by atoms with E-state index in [1.54, 1.807) is 12.1 Å². The number of benzene rings is 2. The second-order valence-corrected chi connectivity index (χ2v) is 11.6. The Labute approximate surface area is 197 Å². The molecule has 1 heterocycles. The zero-order chi connectivity index (χ0) is 22.6. The molecule has 1 aliphatic heterocycles. The molecule has 5 atom stereocenters. The molecule has 0 bridgehead atoms. The highest BCUT2D eigenvalue weighted by molar-refractivity contribution is 7.88. The van der Waals surface area contributed by atoms with Gasteiger partial charge >= 0.3 is 0 Å². The standard InChI is InChI=1S/C22H23Cl3N2O3S/c1-12-20-19(13-3-5-14(23)6-4-13)17(16-8-7-15(24)11-18(16)25)9-10-22(20,21(28)26-12)27-31(2,29)30/h3-8,11-12,17,19-20,27H,9-10H2,1-2H3,(H,26,28)/t12-,17+,19+,20+,22+/m1/s1. The number of hydrogen-bond donors (Lipinski definition) is 2. The number of fused-ring (bicyclic) bond motifs is 1. The molecule has 5 nitrogen and oxygen atoms in total. The molecule has 2 N–H and O–H groups in total. The molecular formula is C22H23Cl3N2O3S. The van der Waals surface area contributed by atoms with E-state index in [1.165, 1.54) is 0 Å². The average Bonchev–Trinajstić information content (AvgIpc) is 2.91. The highest BCUT2D eigenvalue weighted by Crippen LogP contribution is 2.55. The minimum Gasteiger partial charge on any atom is -0.352 e. The first-order chi connectivity index (χ1) is 14.5. The fraction of sp³-hybridized carbons (Fsp3) is 0.409. The molecule has 1 saturated heterocycles. The lowest BCUT2D eigenvalue weighted by molar-refractivity contribution is -0.126. The predicted molar refractivity (Wildman–Crippen MR) is 124 cm³/mol. The Morgan fingerprint density at radius 2 is 1.71 bits per heavy atom. The first kappa shape index (κ1) is 22.9. The molecule has 1 saturated carbocycles. The van der Waals surface area contributed by atoms with E-state index in [-0.39, 0.29) is 29.7 Å². The second-order valence-electron chi connectivity index (χ2n) is 8.52. The summed E-state index contributed by atoms with van der Waals surface area (Å²) < 4.78 is 27.3. The molecule has 2 fully saturated rings. The topological polar surface area (TPSA) is 75.3 Å². The van der Waals surface area contributed by atoms with Crippen LogP contribution in [0.25, 0.3) is 0 Å². The summed E-state index contributed by atoms with van der Waals surface area (Å²) in [7, 11) is -3.63. The number of carbonyl (C=O) groups is 1. The van der Waals surface area contributed by atoms with E-state index in [4.69, 9.17) is 34.8 Å². The van der Waals surface area contributed by atoms with E-state index in [9.17, 15) is 13.2 Å². The molecule has 0 radical (unpaired) electrons. The van der Waals surface area contributed by atoms with Gasteiger partial charge in [-0.25, -0.2) is 8.42 Å². The number of carbonyl (C=O) groups excluding carboxylic acids is 1. The van der Waals surface area contributed by atoms with Gasteiger partial charge in [-0.15, -0.1) is 0 Å². The highest BCUT2D eigenvalue weighted by atomic mass is 35.5. The molecule has 4 rings (SSSR count). The fourth-order valence-corrected chi connectivity index (χ4v) is 7.15. The number of rotatable bonds is 4. The van der Waals surface area contributed by atoms with Crippen molar-refractivity contribution in [1.82, 2.24) is 10.0 Å². The minimum absolute atomic E-state index is 0.0272. The molecule has 31 heavy (non-hydrogen) atoms. The van der Waals surface area contributed by atoms with Gasteiger partial charge in [-0.05, 0) is 67.0 Å². The molecule has 1 amide bonds. The summed E-state index contributed by atoms with van der Waals surface area (Å²) in [6.45, 7) is 1.92. The van der Waals surface area contributed by atoms with Crippen molar-refractivity contribution in [3.8, 4) is 0 Å². The lowest BCUT2D eigenvalue weighted by Gasteiger charge is -2.47. The summed E-state index contributed by atoms with van der Waals surface area (Å²) in [4.78, 5) is 13.1. The minimum atomic E-state index is -3.63. The molecule has 1 aliphatic carbocycles. The zero-order valence-electron chi connectivity index (χ0n) is 17.0. The maximum absolute atomic E-state index is 13.1. The van der Waals surface area contributed by atoms with Crippen LogP contribution < -0.4 is 10.0 Å². The van der Waals surface area contributed by atoms with Gasteiger partial charge < -0.3 is 5.32 Å². The van der Waals surface area contributed by atoms with E-state index in [0.29, 0.717) is 27.9 Å². The molecule has 9 heteroatoms. The Morgan fingerprint density at radius 3 is 2.32 bits per heavy atom. The molecule has 2 aromatic rings. The van der Waals surface area contributed by atoms with E-state index in [1.807, 2.05) is 37.3 Å². The van der Waals surface area contributed by atoms with Gasteiger partial charge in [-0.2, -0.15) is 4.72 Å². The Bertz CT molecular complexity index is 1120. The van der Waals surface area contributed by atoms with Gasteiger partial charge in [-0.3, -0.25) is 4.79 Å². The van der Waals surface area contributed by atoms with Crippen LogP contribution in [-0.4, -0.2) is 32.2 Å². The Hall–Kier alpha value is -1.31.